The van der Waals surface area contributed by atoms with Crippen LogP contribution in [0.4, 0.5) is 0 Å². The Labute approximate surface area is 82.1 Å². The third-order valence-electron chi connectivity index (χ3n) is 2.27. The van der Waals surface area contributed by atoms with Crippen molar-refractivity contribution in [2.24, 2.45) is 5.41 Å². The molecule has 0 aromatic carbocycles. The fraction of sp³-hybridized carbons (Fsp3) is 0.909. The van der Waals surface area contributed by atoms with Gasteiger partial charge in [0.2, 0.25) is 5.91 Å². The van der Waals surface area contributed by atoms with Crippen molar-refractivity contribution in [1.82, 2.24) is 5.32 Å². The highest BCUT2D eigenvalue weighted by molar-refractivity contribution is 5.72. The molecule has 0 saturated carbocycles. The van der Waals surface area contributed by atoms with Crippen molar-refractivity contribution < 1.29 is 4.79 Å². The predicted molar refractivity (Wildman–Crippen MR) is 56.6 cm³/mol. The Bertz CT molecular complexity index is 152. The average molecular weight is 185 g/mol. The van der Waals surface area contributed by atoms with E-state index in [-0.39, 0.29) is 11.3 Å². The molecule has 2 nitrogen and oxygen atoms in total. The fourth-order valence-corrected chi connectivity index (χ4v) is 1.31. The van der Waals surface area contributed by atoms with Gasteiger partial charge in [-0.2, -0.15) is 0 Å². The molecule has 0 heterocycles. The van der Waals surface area contributed by atoms with Crippen molar-refractivity contribution in [3.63, 3.8) is 0 Å². The van der Waals surface area contributed by atoms with Crippen LogP contribution in [-0.4, -0.2) is 12.5 Å². The third kappa shape index (κ3) is 7.82. The Morgan fingerprint density at radius 2 is 1.92 bits per heavy atom. The molecule has 1 N–H and O–H groups in total. The SMILES string of the molecule is CCCCCC(C)(C)CNC(C)=O. The lowest BCUT2D eigenvalue weighted by atomic mass is 9.87. The largest absolute Gasteiger partial charge is 0.356 e. The Morgan fingerprint density at radius 1 is 1.31 bits per heavy atom. The van der Waals surface area contributed by atoms with Gasteiger partial charge < -0.3 is 5.32 Å². The molecule has 0 rings (SSSR count). The predicted octanol–water partition coefficient (Wildman–Crippen LogP) is 2.73. The van der Waals surface area contributed by atoms with Gasteiger partial charge in [-0.1, -0.05) is 40.0 Å². The van der Waals surface area contributed by atoms with E-state index in [2.05, 4.69) is 26.1 Å². The van der Waals surface area contributed by atoms with Crippen LogP contribution in [0.5, 0.6) is 0 Å². The molecular weight excluding hydrogens is 162 g/mol. The topological polar surface area (TPSA) is 29.1 Å². The van der Waals surface area contributed by atoms with Crippen molar-refractivity contribution in [3.05, 3.63) is 0 Å². The fourth-order valence-electron chi connectivity index (χ4n) is 1.31. The molecular formula is C11H23NO. The Hall–Kier alpha value is -0.530. The minimum absolute atomic E-state index is 0.0727. The molecule has 13 heavy (non-hydrogen) atoms. The van der Waals surface area contributed by atoms with Gasteiger partial charge in [-0.3, -0.25) is 4.79 Å². The summed E-state index contributed by atoms with van der Waals surface area (Å²) in [6.45, 7) is 8.99. The Morgan fingerprint density at radius 3 is 2.38 bits per heavy atom. The van der Waals surface area contributed by atoms with E-state index in [9.17, 15) is 4.79 Å². The maximum atomic E-state index is 10.7. The Balaban J connectivity index is 3.59. The first-order valence-electron chi connectivity index (χ1n) is 5.22. The molecule has 1 amide bonds. The molecule has 0 atom stereocenters. The van der Waals surface area contributed by atoms with Gasteiger partial charge in [0.15, 0.2) is 0 Å². The van der Waals surface area contributed by atoms with Crippen LogP contribution < -0.4 is 5.32 Å². The van der Waals surface area contributed by atoms with Crippen LogP contribution in [0.1, 0.15) is 53.4 Å². The second-order valence-electron chi connectivity index (χ2n) is 4.53. The lowest BCUT2D eigenvalue weighted by Gasteiger charge is -2.24. The molecule has 0 radical (unpaired) electrons. The summed E-state index contributed by atoms with van der Waals surface area (Å²) >= 11 is 0. The zero-order chi connectivity index (χ0) is 10.3. The number of hydrogen-bond donors (Lipinski definition) is 1. The standard InChI is InChI=1S/C11H23NO/c1-5-6-7-8-11(3,4)9-12-10(2)13/h5-9H2,1-4H3,(H,12,13). The van der Waals surface area contributed by atoms with E-state index in [0.717, 1.165) is 6.54 Å². The van der Waals surface area contributed by atoms with Crippen LogP contribution in [0.3, 0.4) is 0 Å². The van der Waals surface area contributed by atoms with E-state index >= 15 is 0 Å². The first kappa shape index (κ1) is 12.5. The molecule has 0 fully saturated rings. The summed E-state index contributed by atoms with van der Waals surface area (Å²) in [5, 5.41) is 2.87. The van der Waals surface area contributed by atoms with Gasteiger partial charge in [-0.25, -0.2) is 0 Å². The van der Waals surface area contributed by atoms with Crippen LogP contribution in [0, 0.1) is 5.41 Å². The summed E-state index contributed by atoms with van der Waals surface area (Å²) < 4.78 is 0. The number of carbonyl (C=O) groups excluding carboxylic acids is 1. The summed E-state index contributed by atoms with van der Waals surface area (Å²) in [7, 11) is 0. The van der Waals surface area contributed by atoms with E-state index in [1.807, 2.05) is 0 Å². The van der Waals surface area contributed by atoms with Crippen LogP contribution in [0.25, 0.3) is 0 Å². The van der Waals surface area contributed by atoms with Gasteiger partial charge in [-0.05, 0) is 11.8 Å². The molecule has 0 aliphatic rings. The highest BCUT2D eigenvalue weighted by Gasteiger charge is 2.16. The highest BCUT2D eigenvalue weighted by Crippen LogP contribution is 2.22. The third-order valence-corrected chi connectivity index (χ3v) is 2.27. The van der Waals surface area contributed by atoms with Crippen molar-refractivity contribution >= 4 is 5.91 Å². The zero-order valence-electron chi connectivity index (χ0n) is 9.44. The minimum atomic E-state index is 0.0727. The number of rotatable bonds is 6. The van der Waals surface area contributed by atoms with E-state index in [0.29, 0.717) is 0 Å². The molecule has 0 aliphatic heterocycles. The molecule has 0 spiro atoms. The summed E-state index contributed by atoms with van der Waals surface area (Å²) in [5.41, 5.74) is 0.251. The summed E-state index contributed by atoms with van der Waals surface area (Å²) in [4.78, 5) is 10.7. The van der Waals surface area contributed by atoms with Crippen LogP contribution in [0.2, 0.25) is 0 Å². The van der Waals surface area contributed by atoms with Gasteiger partial charge in [0, 0.05) is 13.5 Å². The molecule has 2 heteroatoms. The first-order valence-corrected chi connectivity index (χ1v) is 5.22. The number of unbranched alkanes of at least 4 members (excludes halogenated alkanes) is 2. The normalized spacial score (nSPS) is 11.4. The van der Waals surface area contributed by atoms with Crippen LogP contribution >= 0.6 is 0 Å². The second kappa shape index (κ2) is 6.01. The average Bonchev–Trinajstić information content (AvgIpc) is 2.02. The smallest absolute Gasteiger partial charge is 0.216 e. The number of carbonyl (C=O) groups is 1. The molecule has 0 unspecified atom stereocenters. The van der Waals surface area contributed by atoms with Gasteiger partial charge >= 0.3 is 0 Å². The summed E-state index contributed by atoms with van der Waals surface area (Å²) in [6, 6.07) is 0. The summed E-state index contributed by atoms with van der Waals surface area (Å²) in [5.74, 6) is 0.0727. The maximum absolute atomic E-state index is 10.7. The van der Waals surface area contributed by atoms with Crippen LogP contribution in [-0.2, 0) is 4.79 Å². The lowest BCUT2D eigenvalue weighted by molar-refractivity contribution is -0.119. The van der Waals surface area contributed by atoms with E-state index in [1.165, 1.54) is 25.7 Å². The number of amides is 1. The molecule has 0 bridgehead atoms. The lowest BCUT2D eigenvalue weighted by Crippen LogP contribution is -2.32. The first-order chi connectivity index (χ1) is 5.98. The molecule has 0 aromatic heterocycles. The molecule has 0 saturated heterocycles. The second-order valence-corrected chi connectivity index (χ2v) is 4.53. The van der Waals surface area contributed by atoms with Crippen molar-refractivity contribution in [3.8, 4) is 0 Å². The van der Waals surface area contributed by atoms with Gasteiger partial charge in [-0.15, -0.1) is 0 Å². The van der Waals surface area contributed by atoms with E-state index < -0.39 is 0 Å². The molecule has 0 aromatic rings. The van der Waals surface area contributed by atoms with Crippen molar-refractivity contribution in [2.45, 2.75) is 53.4 Å². The monoisotopic (exact) mass is 185 g/mol. The molecule has 78 valence electrons. The zero-order valence-corrected chi connectivity index (χ0v) is 9.44. The minimum Gasteiger partial charge on any atom is -0.356 e. The van der Waals surface area contributed by atoms with E-state index in [1.54, 1.807) is 6.92 Å². The summed E-state index contributed by atoms with van der Waals surface area (Å²) in [6.07, 6.45) is 5.02. The van der Waals surface area contributed by atoms with Crippen molar-refractivity contribution in [1.29, 1.82) is 0 Å². The number of nitrogens with one attached hydrogen (secondary N) is 1. The van der Waals surface area contributed by atoms with Gasteiger partial charge in [0.05, 0.1) is 0 Å². The molecule has 0 aliphatic carbocycles. The van der Waals surface area contributed by atoms with Crippen LogP contribution in [0.15, 0.2) is 0 Å². The quantitative estimate of drug-likeness (QED) is 0.633. The Kier molecular flexibility index (Phi) is 5.76. The number of hydrogen-bond acceptors (Lipinski definition) is 1. The highest BCUT2D eigenvalue weighted by atomic mass is 16.1. The van der Waals surface area contributed by atoms with Gasteiger partial charge in [0.1, 0.15) is 0 Å². The van der Waals surface area contributed by atoms with Gasteiger partial charge in [0.25, 0.3) is 0 Å². The van der Waals surface area contributed by atoms with E-state index in [4.69, 9.17) is 0 Å². The van der Waals surface area contributed by atoms with Crippen molar-refractivity contribution in [2.75, 3.05) is 6.54 Å². The maximum Gasteiger partial charge on any atom is 0.216 e.